The monoisotopic (exact) mass is 290 g/mol. The molecular formula is C12H16Cl2N2S. The number of rotatable bonds is 4. The molecule has 0 heterocycles. The zero-order valence-electron chi connectivity index (χ0n) is 9.94. The molecule has 1 aromatic rings. The number of hydrogen-bond acceptors (Lipinski definition) is 1. The number of thiocarbonyl (C=S) groups is 1. The Bertz CT molecular complexity index is 384. The molecule has 0 unspecified atom stereocenters. The molecule has 0 aromatic heterocycles. The molecule has 0 radical (unpaired) electrons. The molecule has 0 saturated heterocycles. The summed E-state index contributed by atoms with van der Waals surface area (Å²) in [4.78, 5) is 0. The number of benzene rings is 1. The molecule has 0 atom stereocenters. The highest BCUT2D eigenvalue weighted by Crippen LogP contribution is 2.29. The van der Waals surface area contributed by atoms with Crippen molar-refractivity contribution in [2.24, 2.45) is 0 Å². The molecule has 2 N–H and O–H groups in total. The average molecular weight is 291 g/mol. The molecule has 0 bridgehead atoms. The summed E-state index contributed by atoms with van der Waals surface area (Å²) in [5, 5.41) is 8.02. The lowest BCUT2D eigenvalue weighted by Gasteiger charge is -2.14. The minimum absolute atomic E-state index is 0.578. The highest BCUT2D eigenvalue weighted by Gasteiger charge is 2.07. The first-order chi connectivity index (χ1) is 8.04. The van der Waals surface area contributed by atoms with Crippen molar-refractivity contribution in [3.05, 3.63) is 27.7 Å². The second kappa shape index (κ2) is 7.04. The van der Waals surface area contributed by atoms with Crippen LogP contribution in [0, 0.1) is 6.92 Å². The van der Waals surface area contributed by atoms with E-state index in [1.807, 2.05) is 13.0 Å². The summed E-state index contributed by atoms with van der Waals surface area (Å²) >= 11 is 17.2. The quantitative estimate of drug-likeness (QED) is 0.635. The summed E-state index contributed by atoms with van der Waals surface area (Å²) in [6.07, 6.45) is 2.23. The largest absolute Gasteiger partial charge is 0.362 e. The molecular weight excluding hydrogens is 275 g/mol. The van der Waals surface area contributed by atoms with E-state index < -0.39 is 0 Å². The van der Waals surface area contributed by atoms with Crippen LogP contribution in [0.25, 0.3) is 0 Å². The van der Waals surface area contributed by atoms with E-state index in [1.165, 1.54) is 0 Å². The fraction of sp³-hybridized carbons (Fsp3) is 0.417. The minimum atomic E-state index is 0.578. The van der Waals surface area contributed by atoms with Crippen LogP contribution in [0.2, 0.25) is 10.0 Å². The summed E-state index contributed by atoms with van der Waals surface area (Å²) < 4.78 is 0. The molecule has 0 amide bonds. The van der Waals surface area contributed by atoms with Gasteiger partial charge in [-0.15, -0.1) is 0 Å². The average Bonchev–Trinajstić information content (AvgIpc) is 2.24. The molecule has 17 heavy (non-hydrogen) atoms. The Morgan fingerprint density at radius 2 is 2.06 bits per heavy atom. The van der Waals surface area contributed by atoms with Gasteiger partial charge in [-0.3, -0.25) is 0 Å². The summed E-state index contributed by atoms with van der Waals surface area (Å²) in [7, 11) is 0. The second-order valence-electron chi connectivity index (χ2n) is 3.81. The molecule has 1 rings (SSSR count). The number of nitrogens with one attached hydrogen (secondary N) is 2. The summed E-state index contributed by atoms with van der Waals surface area (Å²) in [6, 6.07) is 3.55. The van der Waals surface area contributed by atoms with Crippen molar-refractivity contribution in [2.45, 2.75) is 26.7 Å². The van der Waals surface area contributed by atoms with Gasteiger partial charge in [0, 0.05) is 11.6 Å². The van der Waals surface area contributed by atoms with Gasteiger partial charge in [0.25, 0.3) is 0 Å². The van der Waals surface area contributed by atoms with Gasteiger partial charge < -0.3 is 10.6 Å². The molecule has 0 fully saturated rings. The molecule has 5 heteroatoms. The lowest BCUT2D eigenvalue weighted by molar-refractivity contribution is 0.758. The first-order valence-electron chi connectivity index (χ1n) is 5.55. The van der Waals surface area contributed by atoms with Gasteiger partial charge in [-0.25, -0.2) is 0 Å². The van der Waals surface area contributed by atoms with Crippen LogP contribution in [-0.2, 0) is 0 Å². The van der Waals surface area contributed by atoms with Crippen molar-refractivity contribution in [3.63, 3.8) is 0 Å². The number of aryl methyl sites for hydroxylation is 1. The summed E-state index contributed by atoms with van der Waals surface area (Å²) in [5.41, 5.74) is 1.78. The van der Waals surface area contributed by atoms with E-state index in [4.69, 9.17) is 35.4 Å². The van der Waals surface area contributed by atoms with Crippen molar-refractivity contribution in [3.8, 4) is 0 Å². The topological polar surface area (TPSA) is 24.1 Å². The van der Waals surface area contributed by atoms with Crippen LogP contribution < -0.4 is 10.6 Å². The van der Waals surface area contributed by atoms with Crippen LogP contribution in [-0.4, -0.2) is 11.7 Å². The Balaban J connectivity index is 2.65. The van der Waals surface area contributed by atoms with Crippen LogP contribution in [0.4, 0.5) is 5.69 Å². The predicted octanol–water partition coefficient (Wildman–Crippen LogP) is 4.39. The zero-order chi connectivity index (χ0) is 12.8. The first kappa shape index (κ1) is 14.6. The van der Waals surface area contributed by atoms with E-state index >= 15 is 0 Å². The molecule has 0 aliphatic heterocycles. The van der Waals surface area contributed by atoms with Gasteiger partial charge in [-0.2, -0.15) is 0 Å². The standard InChI is InChI=1S/C12H16Cl2N2S/c1-3-4-5-15-12(17)16-11-8(2)6-9(13)7-10(11)14/h6-7H,3-5H2,1-2H3,(H2,15,16,17). The van der Waals surface area contributed by atoms with Gasteiger partial charge in [-0.1, -0.05) is 36.5 Å². The van der Waals surface area contributed by atoms with Crippen LogP contribution in [0.3, 0.4) is 0 Å². The molecule has 0 aliphatic carbocycles. The molecule has 0 saturated carbocycles. The zero-order valence-corrected chi connectivity index (χ0v) is 12.3. The second-order valence-corrected chi connectivity index (χ2v) is 5.07. The third-order valence-corrected chi connectivity index (χ3v) is 3.07. The predicted molar refractivity (Wildman–Crippen MR) is 80.3 cm³/mol. The fourth-order valence-electron chi connectivity index (χ4n) is 1.40. The lowest BCUT2D eigenvalue weighted by Crippen LogP contribution is -2.29. The number of anilines is 1. The van der Waals surface area contributed by atoms with Crippen molar-refractivity contribution in [2.75, 3.05) is 11.9 Å². The van der Waals surface area contributed by atoms with Crippen LogP contribution in [0.5, 0.6) is 0 Å². The summed E-state index contributed by atoms with van der Waals surface area (Å²) in [5.74, 6) is 0. The van der Waals surface area contributed by atoms with Gasteiger partial charge in [-0.05, 0) is 43.3 Å². The third kappa shape index (κ3) is 4.70. The Labute approximate surface area is 118 Å². The third-order valence-electron chi connectivity index (χ3n) is 2.31. The Morgan fingerprint density at radius 1 is 1.35 bits per heavy atom. The van der Waals surface area contributed by atoms with Crippen LogP contribution >= 0.6 is 35.4 Å². The van der Waals surface area contributed by atoms with Gasteiger partial charge in [0.15, 0.2) is 5.11 Å². The highest BCUT2D eigenvalue weighted by molar-refractivity contribution is 7.80. The first-order valence-corrected chi connectivity index (χ1v) is 6.71. The molecule has 0 spiro atoms. The Morgan fingerprint density at radius 3 is 2.65 bits per heavy atom. The van der Waals surface area contributed by atoms with E-state index in [-0.39, 0.29) is 0 Å². The Kier molecular flexibility index (Phi) is 6.03. The number of unbranched alkanes of at least 4 members (excludes halogenated alkanes) is 1. The normalized spacial score (nSPS) is 10.1. The summed E-state index contributed by atoms with van der Waals surface area (Å²) in [6.45, 7) is 4.94. The number of hydrogen-bond donors (Lipinski definition) is 2. The molecule has 2 nitrogen and oxygen atoms in total. The van der Waals surface area contributed by atoms with Crippen molar-refractivity contribution in [1.29, 1.82) is 0 Å². The van der Waals surface area contributed by atoms with Crippen molar-refractivity contribution >= 4 is 46.2 Å². The Hall–Kier alpha value is -0.510. The number of halogens is 2. The van der Waals surface area contributed by atoms with Crippen LogP contribution in [0.1, 0.15) is 25.3 Å². The van der Waals surface area contributed by atoms with E-state index in [2.05, 4.69) is 17.6 Å². The maximum atomic E-state index is 6.11. The molecule has 94 valence electrons. The SMILES string of the molecule is CCCCNC(=S)Nc1c(C)cc(Cl)cc1Cl. The van der Waals surface area contributed by atoms with E-state index in [0.29, 0.717) is 15.2 Å². The van der Waals surface area contributed by atoms with E-state index in [1.54, 1.807) is 6.07 Å². The fourth-order valence-corrected chi connectivity index (χ4v) is 2.24. The lowest BCUT2D eigenvalue weighted by atomic mass is 10.2. The maximum absolute atomic E-state index is 6.11. The smallest absolute Gasteiger partial charge is 0.170 e. The van der Waals surface area contributed by atoms with Gasteiger partial charge >= 0.3 is 0 Å². The van der Waals surface area contributed by atoms with Gasteiger partial charge in [0.2, 0.25) is 0 Å². The van der Waals surface area contributed by atoms with Gasteiger partial charge in [0.1, 0.15) is 0 Å². The molecule has 0 aliphatic rings. The van der Waals surface area contributed by atoms with E-state index in [0.717, 1.165) is 30.6 Å². The minimum Gasteiger partial charge on any atom is -0.362 e. The maximum Gasteiger partial charge on any atom is 0.170 e. The van der Waals surface area contributed by atoms with Crippen LogP contribution in [0.15, 0.2) is 12.1 Å². The van der Waals surface area contributed by atoms with Crippen molar-refractivity contribution in [1.82, 2.24) is 5.32 Å². The van der Waals surface area contributed by atoms with Crippen molar-refractivity contribution < 1.29 is 0 Å². The highest BCUT2D eigenvalue weighted by atomic mass is 35.5. The van der Waals surface area contributed by atoms with E-state index in [9.17, 15) is 0 Å². The van der Waals surface area contributed by atoms with Gasteiger partial charge in [0.05, 0.1) is 10.7 Å². The molecule has 1 aromatic carbocycles.